The standard InChI is InChI=1S/C24H28N2O2S/c1-25(2)21-14-10-19(11-15-21)23(18-8-6-5-7-9-18)24(29(27)28)20-12-16-22(17-13-20)26(3)4/h5-17,23-24H,1-4H3,(H,27,28)/p-1. The number of nitrogens with zero attached hydrogens (tertiary/aromatic N) is 2. The van der Waals surface area contributed by atoms with Crippen LogP contribution >= 0.6 is 0 Å². The van der Waals surface area contributed by atoms with Crippen molar-refractivity contribution in [2.75, 3.05) is 38.0 Å². The lowest BCUT2D eigenvalue weighted by Crippen LogP contribution is -2.18. The highest BCUT2D eigenvalue weighted by Gasteiger charge is 2.27. The summed E-state index contributed by atoms with van der Waals surface area (Å²) in [6.07, 6.45) is 0. The van der Waals surface area contributed by atoms with Crippen LogP contribution < -0.4 is 9.80 Å². The molecular weight excluding hydrogens is 380 g/mol. The average Bonchev–Trinajstić information content (AvgIpc) is 2.72. The summed E-state index contributed by atoms with van der Waals surface area (Å²) in [6, 6.07) is 25.7. The summed E-state index contributed by atoms with van der Waals surface area (Å²) < 4.78 is 24.9. The van der Waals surface area contributed by atoms with Gasteiger partial charge in [0.2, 0.25) is 0 Å². The van der Waals surface area contributed by atoms with Crippen LogP contribution in [-0.4, -0.2) is 37.0 Å². The van der Waals surface area contributed by atoms with Crippen molar-refractivity contribution in [3.63, 3.8) is 0 Å². The number of rotatable bonds is 7. The Balaban J connectivity index is 2.10. The molecule has 5 heteroatoms. The van der Waals surface area contributed by atoms with Crippen LogP contribution in [-0.2, 0) is 11.1 Å². The van der Waals surface area contributed by atoms with Crippen molar-refractivity contribution in [3.8, 4) is 0 Å². The van der Waals surface area contributed by atoms with Crippen LogP contribution in [0.2, 0.25) is 0 Å². The highest BCUT2D eigenvalue weighted by atomic mass is 32.2. The Bertz CT molecular complexity index is 939. The van der Waals surface area contributed by atoms with Crippen molar-refractivity contribution in [2.45, 2.75) is 11.2 Å². The van der Waals surface area contributed by atoms with Crippen LogP contribution in [0.15, 0.2) is 78.9 Å². The highest BCUT2D eigenvalue weighted by Crippen LogP contribution is 2.41. The summed E-state index contributed by atoms with van der Waals surface area (Å²) in [7, 11) is 7.92. The summed E-state index contributed by atoms with van der Waals surface area (Å²) in [5.41, 5.74) is 4.87. The summed E-state index contributed by atoms with van der Waals surface area (Å²) in [5.74, 6) is -0.295. The van der Waals surface area contributed by atoms with E-state index in [2.05, 4.69) is 0 Å². The van der Waals surface area contributed by atoms with Gasteiger partial charge in [0.05, 0.1) is 5.25 Å². The number of hydrogen-bond donors (Lipinski definition) is 0. The minimum absolute atomic E-state index is 0.295. The largest absolute Gasteiger partial charge is 0.772 e. The molecule has 0 aromatic heterocycles. The van der Waals surface area contributed by atoms with Crippen LogP contribution in [0, 0.1) is 0 Å². The maximum Gasteiger partial charge on any atom is 0.0574 e. The van der Waals surface area contributed by atoms with E-state index >= 15 is 0 Å². The quantitative estimate of drug-likeness (QED) is 0.538. The SMILES string of the molecule is CN(C)c1ccc(C(c2ccccc2)C(c2ccc(N(C)C)cc2)S(=O)[O-])cc1. The monoisotopic (exact) mass is 407 g/mol. The maximum absolute atomic E-state index is 12.5. The third-order valence-corrected chi connectivity index (χ3v) is 6.13. The Morgan fingerprint density at radius 1 is 0.655 bits per heavy atom. The first-order valence-electron chi connectivity index (χ1n) is 9.56. The third-order valence-electron chi connectivity index (χ3n) is 5.18. The molecule has 152 valence electrons. The topological polar surface area (TPSA) is 46.6 Å². The lowest BCUT2D eigenvalue weighted by atomic mass is 9.85. The molecule has 3 aromatic rings. The summed E-state index contributed by atoms with van der Waals surface area (Å²) in [4.78, 5) is 4.03. The fraction of sp³-hybridized carbons (Fsp3) is 0.250. The van der Waals surface area contributed by atoms with Crippen LogP contribution in [0.3, 0.4) is 0 Å². The van der Waals surface area contributed by atoms with Crippen molar-refractivity contribution >= 4 is 22.5 Å². The van der Waals surface area contributed by atoms with Gasteiger partial charge in [0.25, 0.3) is 0 Å². The van der Waals surface area contributed by atoms with E-state index in [9.17, 15) is 8.76 Å². The molecule has 0 bridgehead atoms. The van der Waals surface area contributed by atoms with Crippen molar-refractivity contribution in [3.05, 3.63) is 95.6 Å². The smallest absolute Gasteiger partial charge is 0.0574 e. The third kappa shape index (κ3) is 4.86. The molecule has 0 saturated carbocycles. The Hall–Kier alpha value is -2.63. The second kappa shape index (κ2) is 9.25. The second-order valence-corrected chi connectivity index (χ2v) is 8.57. The molecule has 0 aliphatic rings. The first-order valence-corrected chi connectivity index (χ1v) is 10.7. The van der Waals surface area contributed by atoms with E-state index in [1.54, 1.807) is 0 Å². The van der Waals surface area contributed by atoms with Crippen LogP contribution in [0.5, 0.6) is 0 Å². The first kappa shape index (κ1) is 21.1. The van der Waals surface area contributed by atoms with Gasteiger partial charge in [0.15, 0.2) is 0 Å². The van der Waals surface area contributed by atoms with Gasteiger partial charge in [-0.2, -0.15) is 0 Å². The van der Waals surface area contributed by atoms with Gasteiger partial charge in [-0.3, -0.25) is 4.21 Å². The molecule has 3 atom stereocenters. The van der Waals surface area contributed by atoms with Gasteiger partial charge in [-0.05, 0) is 52.0 Å². The molecule has 3 unspecified atom stereocenters. The fourth-order valence-corrected chi connectivity index (χ4v) is 4.47. The van der Waals surface area contributed by atoms with Gasteiger partial charge in [0, 0.05) is 45.5 Å². The van der Waals surface area contributed by atoms with E-state index in [4.69, 9.17) is 0 Å². The van der Waals surface area contributed by atoms with Gasteiger partial charge >= 0.3 is 0 Å². The van der Waals surface area contributed by atoms with Crippen molar-refractivity contribution in [1.29, 1.82) is 0 Å². The molecule has 0 fully saturated rings. The predicted molar refractivity (Wildman–Crippen MR) is 121 cm³/mol. The van der Waals surface area contributed by atoms with E-state index in [0.29, 0.717) is 0 Å². The van der Waals surface area contributed by atoms with E-state index in [1.807, 2.05) is 117 Å². The fourth-order valence-electron chi connectivity index (χ4n) is 3.56. The van der Waals surface area contributed by atoms with Gasteiger partial charge in [-0.15, -0.1) is 0 Å². The molecule has 4 nitrogen and oxygen atoms in total. The van der Waals surface area contributed by atoms with E-state index in [0.717, 1.165) is 28.1 Å². The van der Waals surface area contributed by atoms with Crippen LogP contribution in [0.25, 0.3) is 0 Å². The molecular formula is C24H27N2O2S-. The van der Waals surface area contributed by atoms with Crippen molar-refractivity contribution < 1.29 is 8.76 Å². The normalized spacial score (nSPS) is 14.1. The molecule has 3 aromatic carbocycles. The molecule has 0 amide bonds. The highest BCUT2D eigenvalue weighted by molar-refractivity contribution is 7.79. The molecule has 0 spiro atoms. The lowest BCUT2D eigenvalue weighted by molar-refractivity contribution is 0.515. The van der Waals surface area contributed by atoms with Gasteiger partial charge < -0.3 is 14.4 Å². The van der Waals surface area contributed by atoms with E-state index in [-0.39, 0.29) is 5.92 Å². The molecule has 29 heavy (non-hydrogen) atoms. The Morgan fingerprint density at radius 2 is 1.07 bits per heavy atom. The van der Waals surface area contributed by atoms with Crippen LogP contribution in [0.1, 0.15) is 27.9 Å². The van der Waals surface area contributed by atoms with E-state index < -0.39 is 16.3 Å². The number of hydrogen-bond acceptors (Lipinski definition) is 4. The Kier molecular flexibility index (Phi) is 6.72. The second-order valence-electron chi connectivity index (χ2n) is 7.54. The molecule has 0 aliphatic heterocycles. The maximum atomic E-state index is 12.5. The molecule has 3 rings (SSSR count). The van der Waals surface area contributed by atoms with Crippen LogP contribution in [0.4, 0.5) is 11.4 Å². The zero-order valence-corrected chi connectivity index (χ0v) is 18.1. The van der Waals surface area contributed by atoms with Gasteiger partial charge in [0.1, 0.15) is 0 Å². The number of benzene rings is 3. The Labute approximate surface area is 176 Å². The predicted octanol–water partition coefficient (Wildman–Crippen LogP) is 4.57. The molecule has 0 heterocycles. The lowest BCUT2D eigenvalue weighted by Gasteiger charge is -2.31. The summed E-state index contributed by atoms with van der Waals surface area (Å²) >= 11 is -2.29. The zero-order chi connectivity index (χ0) is 21.0. The van der Waals surface area contributed by atoms with Crippen molar-refractivity contribution in [2.24, 2.45) is 0 Å². The van der Waals surface area contributed by atoms with E-state index in [1.165, 1.54) is 0 Å². The molecule has 0 radical (unpaired) electrons. The summed E-state index contributed by atoms with van der Waals surface area (Å²) in [5, 5.41) is -0.682. The molecule has 0 aliphatic carbocycles. The average molecular weight is 408 g/mol. The Morgan fingerprint density at radius 3 is 1.48 bits per heavy atom. The minimum atomic E-state index is -2.29. The minimum Gasteiger partial charge on any atom is -0.772 e. The molecule has 0 N–H and O–H groups in total. The number of anilines is 2. The van der Waals surface area contributed by atoms with Crippen molar-refractivity contribution in [1.82, 2.24) is 0 Å². The van der Waals surface area contributed by atoms with Gasteiger partial charge in [-0.25, -0.2) is 0 Å². The summed E-state index contributed by atoms with van der Waals surface area (Å²) in [6.45, 7) is 0. The zero-order valence-electron chi connectivity index (χ0n) is 17.3. The first-order chi connectivity index (χ1) is 13.9. The van der Waals surface area contributed by atoms with Gasteiger partial charge in [-0.1, -0.05) is 54.6 Å². The molecule has 0 saturated heterocycles.